The third-order valence-corrected chi connectivity index (χ3v) is 8.48. The molecule has 35 heavy (non-hydrogen) atoms. The fourth-order valence-electron chi connectivity index (χ4n) is 6.56. The van der Waals surface area contributed by atoms with Crippen molar-refractivity contribution in [3.8, 4) is 5.75 Å². The molecule has 3 amide bonds. The number of hydrogen-bond donors (Lipinski definition) is 0. The number of amides is 3. The topological polar surface area (TPSA) is 84.0 Å². The lowest BCUT2D eigenvalue weighted by atomic mass is 9.81. The van der Waals surface area contributed by atoms with Gasteiger partial charge < -0.3 is 9.64 Å². The van der Waals surface area contributed by atoms with E-state index in [9.17, 15) is 19.2 Å². The molecule has 0 radical (unpaired) electrons. The molecule has 0 unspecified atom stereocenters. The first-order valence-corrected chi connectivity index (χ1v) is 12.5. The van der Waals surface area contributed by atoms with Crippen LogP contribution in [0.4, 0.5) is 11.4 Å². The van der Waals surface area contributed by atoms with E-state index in [1.807, 2.05) is 0 Å². The van der Waals surface area contributed by atoms with Crippen LogP contribution in [0.2, 0.25) is 5.02 Å². The Morgan fingerprint density at radius 3 is 2.31 bits per heavy atom. The smallest absolute Gasteiger partial charge is 0.316 e. The summed E-state index contributed by atoms with van der Waals surface area (Å²) in [5.74, 6) is -0.879. The van der Waals surface area contributed by atoms with E-state index in [2.05, 4.69) is 0 Å². The van der Waals surface area contributed by atoms with Crippen LogP contribution >= 0.6 is 11.6 Å². The van der Waals surface area contributed by atoms with E-state index in [1.54, 1.807) is 49.4 Å². The number of benzene rings is 2. The highest BCUT2D eigenvalue weighted by molar-refractivity contribution is 6.34. The number of carbonyl (C=O) groups excluding carboxylic acids is 4. The third kappa shape index (κ3) is 3.47. The van der Waals surface area contributed by atoms with Crippen molar-refractivity contribution in [2.45, 2.75) is 32.6 Å². The molecule has 2 aromatic rings. The summed E-state index contributed by atoms with van der Waals surface area (Å²) in [5.41, 5.74) is 1.81. The van der Waals surface area contributed by atoms with Crippen molar-refractivity contribution in [3.05, 3.63) is 53.1 Å². The van der Waals surface area contributed by atoms with Crippen LogP contribution in [0.5, 0.6) is 5.75 Å². The van der Waals surface area contributed by atoms with E-state index in [1.165, 1.54) is 9.80 Å². The Morgan fingerprint density at radius 2 is 1.66 bits per heavy atom. The summed E-state index contributed by atoms with van der Waals surface area (Å²) in [4.78, 5) is 54.5. The number of carbonyl (C=O) groups is 4. The van der Waals surface area contributed by atoms with Crippen LogP contribution in [0, 0.1) is 36.5 Å². The zero-order chi connectivity index (χ0) is 24.4. The zero-order valence-corrected chi connectivity index (χ0v) is 20.0. The number of nitrogens with zero attached hydrogens (tertiary/aromatic N) is 2. The van der Waals surface area contributed by atoms with Gasteiger partial charge in [0, 0.05) is 13.0 Å². The Kier molecular flexibility index (Phi) is 5.22. The molecule has 6 rings (SSSR count). The number of hydrogen-bond acceptors (Lipinski definition) is 5. The van der Waals surface area contributed by atoms with Gasteiger partial charge in [0.2, 0.25) is 17.7 Å². The van der Waals surface area contributed by atoms with Crippen LogP contribution in [0.3, 0.4) is 0 Å². The molecular formula is C27H25ClN2O5. The van der Waals surface area contributed by atoms with Crippen molar-refractivity contribution in [1.82, 2.24) is 0 Å². The van der Waals surface area contributed by atoms with E-state index in [-0.39, 0.29) is 42.5 Å². The number of rotatable bonds is 4. The number of ether oxygens (including phenoxy) is 1. The lowest BCUT2D eigenvalue weighted by Crippen LogP contribution is -2.33. The van der Waals surface area contributed by atoms with Crippen LogP contribution in [-0.4, -0.2) is 30.2 Å². The van der Waals surface area contributed by atoms with Crippen LogP contribution in [0.15, 0.2) is 42.5 Å². The van der Waals surface area contributed by atoms with Gasteiger partial charge in [0.25, 0.3) is 0 Å². The van der Waals surface area contributed by atoms with Gasteiger partial charge in [-0.3, -0.25) is 19.2 Å². The monoisotopic (exact) mass is 492 g/mol. The predicted molar refractivity (Wildman–Crippen MR) is 129 cm³/mol. The molecule has 0 N–H and O–H groups in total. The van der Waals surface area contributed by atoms with Crippen molar-refractivity contribution in [2.75, 3.05) is 16.3 Å². The molecule has 2 saturated carbocycles. The molecule has 0 aromatic heterocycles. The summed E-state index contributed by atoms with van der Waals surface area (Å²) < 4.78 is 5.59. The van der Waals surface area contributed by atoms with Crippen LogP contribution < -0.4 is 14.5 Å². The first kappa shape index (κ1) is 22.3. The quantitative estimate of drug-likeness (QED) is 0.364. The highest BCUT2D eigenvalue weighted by Crippen LogP contribution is 2.56. The van der Waals surface area contributed by atoms with E-state index in [4.69, 9.17) is 16.3 Å². The van der Waals surface area contributed by atoms with Gasteiger partial charge in [0.15, 0.2) is 0 Å². The molecule has 2 aliphatic carbocycles. The number of halogens is 1. The fraction of sp³-hybridized carbons (Fsp3) is 0.407. The Labute approximate surface area is 208 Å². The Balaban J connectivity index is 1.16. The standard InChI is InChI=1S/C27H25ClN2O5/c1-14-10-18(35-27(34)17-12-22(31)29(13-17)21-5-3-2-4-19(21)28)8-9-20(14)30-25(32)23-15-6-7-16(11-15)24(23)26(30)33/h2-5,8-10,15-17,23-24H,6-7,11-13H2,1H3/t15-,16-,17+,23+,24+/m0/s1. The Hall–Kier alpha value is -3.19. The maximum atomic E-state index is 13.2. The highest BCUT2D eigenvalue weighted by atomic mass is 35.5. The summed E-state index contributed by atoms with van der Waals surface area (Å²) in [6.07, 6.45) is 3.10. The third-order valence-electron chi connectivity index (χ3n) is 8.16. The largest absolute Gasteiger partial charge is 0.426 e. The fourth-order valence-corrected chi connectivity index (χ4v) is 6.79. The van der Waals surface area contributed by atoms with Gasteiger partial charge >= 0.3 is 5.97 Å². The average Bonchev–Trinajstić information content (AvgIpc) is 3.59. The SMILES string of the molecule is Cc1cc(OC(=O)[C@@H]2CC(=O)N(c3ccccc3Cl)C2)ccc1N1C(=O)[C@@H]2[C@H]3CC[C@@H](C3)[C@H]2C1=O. The lowest BCUT2D eigenvalue weighted by Gasteiger charge is -2.20. The molecule has 180 valence electrons. The summed E-state index contributed by atoms with van der Waals surface area (Å²) in [5, 5.41) is 0.448. The summed E-state index contributed by atoms with van der Waals surface area (Å²) >= 11 is 6.22. The van der Waals surface area contributed by atoms with Crippen molar-refractivity contribution in [2.24, 2.45) is 29.6 Å². The number of para-hydroxylation sites is 1. The second-order valence-corrected chi connectivity index (χ2v) is 10.5. The second-order valence-electron chi connectivity index (χ2n) is 10.1. The number of esters is 1. The minimum absolute atomic E-state index is 0.0447. The van der Waals surface area contributed by atoms with Gasteiger partial charge in [-0.1, -0.05) is 23.7 Å². The summed E-state index contributed by atoms with van der Waals surface area (Å²) in [6.45, 7) is 1.99. The van der Waals surface area contributed by atoms with Crippen molar-refractivity contribution < 1.29 is 23.9 Å². The molecule has 2 aromatic carbocycles. The van der Waals surface area contributed by atoms with Crippen molar-refractivity contribution >= 4 is 46.7 Å². The lowest BCUT2D eigenvalue weighted by molar-refractivity contribution is -0.139. The highest BCUT2D eigenvalue weighted by Gasteiger charge is 2.61. The molecular weight excluding hydrogens is 468 g/mol. The van der Waals surface area contributed by atoms with E-state index < -0.39 is 11.9 Å². The maximum Gasteiger partial charge on any atom is 0.316 e. The second kappa shape index (κ2) is 8.19. The van der Waals surface area contributed by atoms with Crippen molar-refractivity contribution in [1.29, 1.82) is 0 Å². The Bertz CT molecular complexity index is 1250. The van der Waals surface area contributed by atoms with Crippen LogP contribution in [0.25, 0.3) is 0 Å². The van der Waals surface area contributed by atoms with Gasteiger partial charge in [-0.25, -0.2) is 4.90 Å². The minimum atomic E-state index is -0.615. The van der Waals surface area contributed by atoms with Crippen LogP contribution in [-0.2, 0) is 19.2 Å². The van der Waals surface area contributed by atoms with Crippen molar-refractivity contribution in [3.63, 3.8) is 0 Å². The molecule has 2 aliphatic heterocycles. The van der Waals surface area contributed by atoms with Gasteiger partial charge in [-0.05, 0) is 73.9 Å². The number of fused-ring (bicyclic) bond motifs is 5. The molecule has 2 bridgehead atoms. The molecule has 0 spiro atoms. The normalized spacial score (nSPS) is 29.3. The summed E-state index contributed by atoms with van der Waals surface area (Å²) in [6, 6.07) is 12.0. The van der Waals surface area contributed by atoms with E-state index >= 15 is 0 Å². The van der Waals surface area contributed by atoms with Crippen LogP contribution in [0.1, 0.15) is 31.2 Å². The molecule has 8 heteroatoms. The van der Waals surface area contributed by atoms with Gasteiger partial charge in [-0.2, -0.15) is 0 Å². The molecule has 2 heterocycles. The molecule has 4 aliphatic rings. The zero-order valence-electron chi connectivity index (χ0n) is 19.3. The van der Waals surface area contributed by atoms with E-state index in [0.29, 0.717) is 39.5 Å². The number of imide groups is 1. The molecule has 2 saturated heterocycles. The molecule has 4 fully saturated rings. The first-order chi connectivity index (χ1) is 16.8. The maximum absolute atomic E-state index is 13.2. The molecule has 5 atom stereocenters. The summed E-state index contributed by atoms with van der Waals surface area (Å²) in [7, 11) is 0. The average molecular weight is 493 g/mol. The Morgan fingerprint density at radius 1 is 0.971 bits per heavy atom. The predicted octanol–water partition coefficient (Wildman–Crippen LogP) is 4.14. The van der Waals surface area contributed by atoms with E-state index in [0.717, 1.165) is 19.3 Å². The number of aryl methyl sites for hydroxylation is 1. The van der Waals surface area contributed by atoms with Gasteiger partial charge in [-0.15, -0.1) is 0 Å². The van der Waals surface area contributed by atoms with Gasteiger partial charge in [0.1, 0.15) is 5.75 Å². The number of anilines is 2. The van der Waals surface area contributed by atoms with Gasteiger partial charge in [0.05, 0.1) is 34.2 Å². The molecule has 7 nitrogen and oxygen atoms in total. The first-order valence-electron chi connectivity index (χ1n) is 12.1. The minimum Gasteiger partial charge on any atom is -0.426 e.